The maximum absolute atomic E-state index is 4.31. The highest BCUT2D eigenvalue weighted by atomic mass is 32.1. The highest BCUT2D eigenvalue weighted by Crippen LogP contribution is 2.14. The molecule has 0 saturated carbocycles. The van der Waals surface area contributed by atoms with E-state index in [1.807, 2.05) is 5.51 Å². The monoisotopic (exact) mass is 273 g/mol. The van der Waals surface area contributed by atoms with Crippen LogP contribution in [0.2, 0.25) is 0 Å². The Morgan fingerprint density at radius 2 is 2.21 bits per heavy atom. The van der Waals surface area contributed by atoms with E-state index in [1.54, 1.807) is 11.3 Å². The summed E-state index contributed by atoms with van der Waals surface area (Å²) in [5.41, 5.74) is 4.46. The van der Waals surface area contributed by atoms with Crippen LogP contribution in [0.4, 0.5) is 0 Å². The third-order valence-corrected chi connectivity index (χ3v) is 4.21. The van der Waals surface area contributed by atoms with Crippen molar-refractivity contribution >= 4 is 11.3 Å². The quantitative estimate of drug-likeness (QED) is 0.907. The fourth-order valence-corrected chi connectivity index (χ4v) is 3.12. The Labute approximate surface area is 118 Å². The molecule has 0 aliphatic carbocycles. The Balaban J connectivity index is 1.45. The molecule has 1 aliphatic heterocycles. The number of benzene rings is 1. The van der Waals surface area contributed by atoms with Crippen molar-refractivity contribution in [3.8, 4) is 0 Å². The smallest absolute Gasteiger partial charge is 0.0795 e. The van der Waals surface area contributed by atoms with E-state index >= 15 is 0 Å². The van der Waals surface area contributed by atoms with Gasteiger partial charge in [-0.2, -0.15) is 0 Å². The standard InChI is InChI=1S/C15H19N3S/c1-2-4-13(5-3-1)9-18-7-6-14(10-18)16-8-15-11-19-12-17-15/h1-5,11-12,14,16H,6-10H2. The first-order chi connectivity index (χ1) is 9.40. The maximum atomic E-state index is 4.31. The van der Waals surface area contributed by atoms with Crippen molar-refractivity contribution in [1.29, 1.82) is 0 Å². The second kappa shape index (κ2) is 6.28. The van der Waals surface area contributed by atoms with Crippen LogP contribution in [0.3, 0.4) is 0 Å². The molecule has 1 unspecified atom stereocenters. The van der Waals surface area contributed by atoms with Gasteiger partial charge in [0.05, 0.1) is 11.2 Å². The predicted molar refractivity (Wildman–Crippen MR) is 79.1 cm³/mol. The summed E-state index contributed by atoms with van der Waals surface area (Å²) < 4.78 is 0. The van der Waals surface area contributed by atoms with Gasteiger partial charge in [-0.05, 0) is 12.0 Å². The van der Waals surface area contributed by atoms with Gasteiger partial charge in [0, 0.05) is 37.6 Å². The Morgan fingerprint density at radius 1 is 1.32 bits per heavy atom. The molecule has 1 N–H and O–H groups in total. The van der Waals surface area contributed by atoms with E-state index < -0.39 is 0 Å². The van der Waals surface area contributed by atoms with Crippen molar-refractivity contribution in [3.63, 3.8) is 0 Å². The molecule has 0 spiro atoms. The zero-order chi connectivity index (χ0) is 12.9. The number of hydrogen-bond donors (Lipinski definition) is 1. The average molecular weight is 273 g/mol. The summed E-state index contributed by atoms with van der Waals surface area (Å²) in [7, 11) is 0. The van der Waals surface area contributed by atoms with Gasteiger partial charge < -0.3 is 5.32 Å². The van der Waals surface area contributed by atoms with Crippen LogP contribution in [0.25, 0.3) is 0 Å². The number of thiazole rings is 1. The van der Waals surface area contributed by atoms with Crippen LogP contribution in [0.5, 0.6) is 0 Å². The van der Waals surface area contributed by atoms with E-state index in [9.17, 15) is 0 Å². The molecule has 0 radical (unpaired) electrons. The summed E-state index contributed by atoms with van der Waals surface area (Å²) >= 11 is 1.66. The molecule has 0 amide bonds. The Kier molecular flexibility index (Phi) is 4.23. The van der Waals surface area contributed by atoms with E-state index in [-0.39, 0.29) is 0 Å². The average Bonchev–Trinajstić information content (AvgIpc) is 3.09. The Hall–Kier alpha value is -1.23. The minimum absolute atomic E-state index is 0.602. The molecule has 1 aromatic heterocycles. The number of aromatic nitrogens is 1. The van der Waals surface area contributed by atoms with Crippen LogP contribution in [0, 0.1) is 0 Å². The van der Waals surface area contributed by atoms with E-state index in [0.717, 1.165) is 25.3 Å². The van der Waals surface area contributed by atoms with Gasteiger partial charge in [0.2, 0.25) is 0 Å². The van der Waals surface area contributed by atoms with E-state index in [2.05, 4.69) is 50.9 Å². The minimum Gasteiger partial charge on any atom is -0.307 e. The minimum atomic E-state index is 0.602. The third kappa shape index (κ3) is 3.62. The van der Waals surface area contributed by atoms with Crippen molar-refractivity contribution in [1.82, 2.24) is 15.2 Å². The summed E-state index contributed by atoms with van der Waals surface area (Å²) in [6.45, 7) is 4.28. The van der Waals surface area contributed by atoms with Crippen LogP contribution in [0.1, 0.15) is 17.7 Å². The zero-order valence-corrected chi connectivity index (χ0v) is 11.8. The predicted octanol–water partition coefficient (Wildman–Crippen LogP) is 2.51. The second-order valence-corrected chi connectivity index (χ2v) is 5.79. The van der Waals surface area contributed by atoms with Crippen LogP contribution < -0.4 is 5.32 Å². The fourth-order valence-electron chi connectivity index (χ4n) is 2.56. The highest BCUT2D eigenvalue weighted by molar-refractivity contribution is 7.07. The van der Waals surface area contributed by atoms with Gasteiger partial charge in [-0.3, -0.25) is 4.90 Å². The molecule has 1 aromatic carbocycles. The van der Waals surface area contributed by atoms with Crippen molar-refractivity contribution in [2.75, 3.05) is 13.1 Å². The van der Waals surface area contributed by atoms with Crippen LogP contribution >= 0.6 is 11.3 Å². The number of likely N-dealkylation sites (tertiary alicyclic amines) is 1. The molecule has 3 rings (SSSR count). The molecule has 2 heterocycles. The number of nitrogens with zero attached hydrogens (tertiary/aromatic N) is 2. The Morgan fingerprint density at radius 3 is 3.00 bits per heavy atom. The normalized spacial score (nSPS) is 19.9. The number of rotatable bonds is 5. The lowest BCUT2D eigenvalue weighted by molar-refractivity contribution is 0.320. The van der Waals surface area contributed by atoms with E-state index in [4.69, 9.17) is 0 Å². The van der Waals surface area contributed by atoms with Gasteiger partial charge in [0.1, 0.15) is 0 Å². The first kappa shape index (κ1) is 12.8. The topological polar surface area (TPSA) is 28.2 Å². The number of nitrogens with one attached hydrogen (secondary N) is 1. The summed E-state index contributed by atoms with van der Waals surface area (Å²) in [4.78, 5) is 6.83. The summed E-state index contributed by atoms with van der Waals surface area (Å²) in [5, 5.41) is 5.72. The molecule has 1 atom stereocenters. The molecule has 100 valence electrons. The molecule has 2 aromatic rings. The zero-order valence-electron chi connectivity index (χ0n) is 11.0. The van der Waals surface area contributed by atoms with E-state index in [1.165, 1.54) is 18.5 Å². The first-order valence-electron chi connectivity index (χ1n) is 6.77. The first-order valence-corrected chi connectivity index (χ1v) is 7.71. The largest absolute Gasteiger partial charge is 0.307 e. The Bertz CT molecular complexity index is 483. The SMILES string of the molecule is c1ccc(CN2CCC(NCc3cscn3)C2)cc1. The molecular formula is C15H19N3S. The fraction of sp³-hybridized carbons (Fsp3) is 0.400. The summed E-state index contributed by atoms with van der Waals surface area (Å²) in [6.07, 6.45) is 1.23. The van der Waals surface area contributed by atoms with Crippen LogP contribution in [-0.2, 0) is 13.1 Å². The lowest BCUT2D eigenvalue weighted by atomic mass is 10.2. The van der Waals surface area contributed by atoms with Gasteiger partial charge >= 0.3 is 0 Å². The van der Waals surface area contributed by atoms with E-state index in [0.29, 0.717) is 6.04 Å². The van der Waals surface area contributed by atoms with Crippen molar-refractivity contribution in [3.05, 3.63) is 52.5 Å². The molecule has 4 heteroatoms. The van der Waals surface area contributed by atoms with Gasteiger partial charge in [0.15, 0.2) is 0 Å². The maximum Gasteiger partial charge on any atom is 0.0795 e. The molecular weight excluding hydrogens is 254 g/mol. The number of hydrogen-bond acceptors (Lipinski definition) is 4. The van der Waals surface area contributed by atoms with Crippen molar-refractivity contribution in [2.45, 2.75) is 25.6 Å². The molecule has 19 heavy (non-hydrogen) atoms. The lowest BCUT2D eigenvalue weighted by Crippen LogP contribution is -2.32. The molecule has 3 nitrogen and oxygen atoms in total. The molecule has 1 fully saturated rings. The van der Waals surface area contributed by atoms with Crippen molar-refractivity contribution < 1.29 is 0 Å². The summed E-state index contributed by atoms with van der Waals surface area (Å²) in [6, 6.07) is 11.3. The van der Waals surface area contributed by atoms with Crippen LogP contribution in [-0.4, -0.2) is 29.0 Å². The van der Waals surface area contributed by atoms with Gasteiger partial charge in [-0.25, -0.2) is 4.98 Å². The van der Waals surface area contributed by atoms with Crippen LogP contribution in [0.15, 0.2) is 41.2 Å². The second-order valence-electron chi connectivity index (χ2n) is 5.07. The van der Waals surface area contributed by atoms with Gasteiger partial charge in [-0.1, -0.05) is 30.3 Å². The lowest BCUT2D eigenvalue weighted by Gasteiger charge is -2.16. The van der Waals surface area contributed by atoms with Gasteiger partial charge in [0.25, 0.3) is 0 Å². The van der Waals surface area contributed by atoms with Crippen molar-refractivity contribution in [2.24, 2.45) is 0 Å². The molecule has 1 saturated heterocycles. The highest BCUT2D eigenvalue weighted by Gasteiger charge is 2.21. The summed E-state index contributed by atoms with van der Waals surface area (Å²) in [5.74, 6) is 0. The van der Waals surface area contributed by atoms with Gasteiger partial charge in [-0.15, -0.1) is 11.3 Å². The third-order valence-electron chi connectivity index (χ3n) is 3.58. The molecule has 1 aliphatic rings. The molecule has 0 bridgehead atoms.